The van der Waals surface area contributed by atoms with E-state index in [1.165, 1.54) is 19.3 Å². The smallest absolute Gasteiger partial charge is 0.245 e. The number of amides is 1. The van der Waals surface area contributed by atoms with Crippen LogP contribution in [0.3, 0.4) is 0 Å². The van der Waals surface area contributed by atoms with Gasteiger partial charge in [0.2, 0.25) is 5.91 Å². The number of carbonyl (C=O) groups excluding carboxylic acids is 1. The second-order valence-electron chi connectivity index (χ2n) is 6.87. The molecule has 4 rings (SSSR count). The average molecular weight is 364 g/mol. The van der Waals surface area contributed by atoms with Crippen LogP contribution in [-0.4, -0.2) is 35.7 Å². The van der Waals surface area contributed by atoms with Gasteiger partial charge in [-0.3, -0.25) is 4.79 Å². The van der Waals surface area contributed by atoms with Gasteiger partial charge in [0.15, 0.2) is 0 Å². The fourth-order valence-electron chi connectivity index (χ4n) is 3.58. The lowest BCUT2D eigenvalue weighted by Crippen LogP contribution is -2.29. The molecule has 27 heavy (non-hydrogen) atoms. The monoisotopic (exact) mass is 364 g/mol. The number of nitrogens with zero attached hydrogens (tertiary/aromatic N) is 3. The first-order valence-corrected chi connectivity index (χ1v) is 9.37. The van der Waals surface area contributed by atoms with E-state index >= 15 is 0 Å². The fraction of sp³-hybridized carbons (Fsp3) is 0.333. The summed E-state index contributed by atoms with van der Waals surface area (Å²) in [6.07, 6.45) is 7.53. The highest BCUT2D eigenvalue weighted by molar-refractivity contribution is 5.91. The van der Waals surface area contributed by atoms with Crippen LogP contribution in [0.4, 0.5) is 11.5 Å². The lowest BCUT2D eigenvalue weighted by molar-refractivity contribution is -0.116. The summed E-state index contributed by atoms with van der Waals surface area (Å²) in [7, 11) is 1.65. The Hall–Kier alpha value is -3.02. The molecule has 3 heterocycles. The highest BCUT2D eigenvalue weighted by Gasteiger charge is 2.12. The SMILES string of the molecule is COc1ccc2c(ccn2CC(=O)Nc2ccc(N3CCCCC3)cn2)c1. The van der Waals surface area contributed by atoms with Gasteiger partial charge in [0.05, 0.1) is 19.0 Å². The van der Waals surface area contributed by atoms with Crippen LogP contribution < -0.4 is 15.0 Å². The molecule has 3 aromatic rings. The van der Waals surface area contributed by atoms with Crippen molar-refractivity contribution < 1.29 is 9.53 Å². The van der Waals surface area contributed by atoms with E-state index in [1.807, 2.05) is 53.4 Å². The normalized spacial score (nSPS) is 14.3. The Kier molecular flexibility index (Phi) is 4.96. The molecule has 6 nitrogen and oxygen atoms in total. The van der Waals surface area contributed by atoms with E-state index in [4.69, 9.17) is 4.74 Å². The van der Waals surface area contributed by atoms with Crippen LogP contribution in [-0.2, 0) is 11.3 Å². The number of pyridine rings is 1. The molecule has 1 aromatic carbocycles. The Morgan fingerprint density at radius 3 is 2.74 bits per heavy atom. The molecule has 1 fully saturated rings. The summed E-state index contributed by atoms with van der Waals surface area (Å²) in [5, 5.41) is 3.93. The van der Waals surface area contributed by atoms with Gasteiger partial charge in [-0.2, -0.15) is 0 Å². The van der Waals surface area contributed by atoms with Crippen molar-refractivity contribution in [1.82, 2.24) is 9.55 Å². The van der Waals surface area contributed by atoms with Crippen molar-refractivity contribution in [2.24, 2.45) is 0 Å². The van der Waals surface area contributed by atoms with Gasteiger partial charge in [0.1, 0.15) is 18.1 Å². The van der Waals surface area contributed by atoms with E-state index in [9.17, 15) is 4.79 Å². The number of aromatic nitrogens is 2. The minimum atomic E-state index is -0.0958. The Bertz CT molecular complexity index is 927. The third kappa shape index (κ3) is 3.89. The van der Waals surface area contributed by atoms with Crippen molar-refractivity contribution in [3.63, 3.8) is 0 Å². The van der Waals surface area contributed by atoms with Gasteiger partial charge >= 0.3 is 0 Å². The van der Waals surface area contributed by atoms with Gasteiger partial charge in [0, 0.05) is 30.2 Å². The van der Waals surface area contributed by atoms with Gasteiger partial charge in [0.25, 0.3) is 0 Å². The molecule has 0 spiro atoms. The summed E-state index contributed by atoms with van der Waals surface area (Å²) in [5.41, 5.74) is 2.12. The number of ether oxygens (including phenoxy) is 1. The number of fused-ring (bicyclic) bond motifs is 1. The molecule has 0 saturated carbocycles. The number of hydrogen-bond acceptors (Lipinski definition) is 4. The maximum Gasteiger partial charge on any atom is 0.245 e. The third-order valence-corrected chi connectivity index (χ3v) is 5.03. The number of methoxy groups -OCH3 is 1. The molecule has 1 amide bonds. The van der Waals surface area contributed by atoms with Gasteiger partial charge in [-0.25, -0.2) is 4.98 Å². The Morgan fingerprint density at radius 1 is 1.15 bits per heavy atom. The number of anilines is 2. The Balaban J connectivity index is 1.40. The molecule has 140 valence electrons. The molecule has 1 N–H and O–H groups in total. The van der Waals surface area contributed by atoms with Gasteiger partial charge in [-0.15, -0.1) is 0 Å². The first kappa shape index (κ1) is 17.4. The predicted octanol–water partition coefficient (Wildman–Crippen LogP) is 3.67. The maximum atomic E-state index is 12.4. The summed E-state index contributed by atoms with van der Waals surface area (Å²) in [6, 6.07) is 11.7. The number of nitrogens with one attached hydrogen (secondary N) is 1. The summed E-state index contributed by atoms with van der Waals surface area (Å²) in [6.45, 7) is 2.41. The van der Waals surface area contributed by atoms with Crippen molar-refractivity contribution in [3.8, 4) is 5.75 Å². The van der Waals surface area contributed by atoms with E-state index in [1.54, 1.807) is 7.11 Å². The van der Waals surface area contributed by atoms with Gasteiger partial charge < -0.3 is 19.5 Å². The third-order valence-electron chi connectivity index (χ3n) is 5.03. The molecule has 1 saturated heterocycles. The number of carbonyl (C=O) groups is 1. The highest BCUT2D eigenvalue weighted by atomic mass is 16.5. The molecule has 0 aliphatic carbocycles. The number of piperidine rings is 1. The van der Waals surface area contributed by atoms with Crippen molar-refractivity contribution in [2.75, 3.05) is 30.4 Å². The van der Waals surface area contributed by atoms with E-state index < -0.39 is 0 Å². The molecule has 6 heteroatoms. The van der Waals surface area contributed by atoms with E-state index in [-0.39, 0.29) is 12.5 Å². The van der Waals surface area contributed by atoms with E-state index in [0.29, 0.717) is 5.82 Å². The fourth-order valence-corrected chi connectivity index (χ4v) is 3.58. The molecule has 0 atom stereocenters. The molecular weight excluding hydrogens is 340 g/mol. The van der Waals surface area contributed by atoms with Crippen LogP contribution in [0, 0.1) is 0 Å². The molecule has 0 unspecified atom stereocenters. The van der Waals surface area contributed by atoms with Crippen LogP contribution in [0.15, 0.2) is 48.8 Å². The van der Waals surface area contributed by atoms with E-state index in [0.717, 1.165) is 35.4 Å². The highest BCUT2D eigenvalue weighted by Crippen LogP contribution is 2.22. The van der Waals surface area contributed by atoms with Crippen molar-refractivity contribution in [3.05, 3.63) is 48.8 Å². The average Bonchev–Trinajstić information content (AvgIpc) is 3.11. The summed E-state index contributed by atoms with van der Waals surface area (Å²) >= 11 is 0. The van der Waals surface area contributed by atoms with E-state index in [2.05, 4.69) is 15.2 Å². The first-order valence-electron chi connectivity index (χ1n) is 9.37. The first-order chi connectivity index (χ1) is 13.2. The molecule has 1 aliphatic heterocycles. The molecule has 1 aliphatic rings. The van der Waals surface area contributed by atoms with Crippen molar-refractivity contribution in [1.29, 1.82) is 0 Å². The zero-order chi connectivity index (χ0) is 18.6. The summed E-state index contributed by atoms with van der Waals surface area (Å²) in [4.78, 5) is 19.2. The summed E-state index contributed by atoms with van der Waals surface area (Å²) < 4.78 is 7.17. The van der Waals surface area contributed by atoms with Crippen LogP contribution in [0.25, 0.3) is 10.9 Å². The summed E-state index contributed by atoms with van der Waals surface area (Å²) in [5.74, 6) is 1.29. The van der Waals surface area contributed by atoms with Crippen LogP contribution in [0.1, 0.15) is 19.3 Å². The molecule has 2 aromatic heterocycles. The van der Waals surface area contributed by atoms with Gasteiger partial charge in [-0.1, -0.05) is 0 Å². The number of benzene rings is 1. The van der Waals surface area contributed by atoms with Crippen LogP contribution in [0.5, 0.6) is 5.75 Å². The van der Waals surface area contributed by atoms with Crippen LogP contribution in [0.2, 0.25) is 0 Å². The molecule has 0 radical (unpaired) electrons. The second-order valence-corrected chi connectivity index (χ2v) is 6.87. The topological polar surface area (TPSA) is 59.4 Å². The quantitative estimate of drug-likeness (QED) is 0.750. The second kappa shape index (κ2) is 7.70. The standard InChI is InChI=1S/C21H24N4O2/c1-27-18-6-7-19-16(13-18)9-12-25(19)15-21(26)23-20-8-5-17(14-22-20)24-10-3-2-4-11-24/h5-9,12-14H,2-4,10-11,15H2,1H3,(H,22,23,26). The van der Waals surface area contributed by atoms with Crippen molar-refractivity contribution >= 4 is 28.3 Å². The van der Waals surface area contributed by atoms with Gasteiger partial charge in [-0.05, 0) is 55.7 Å². The lowest BCUT2D eigenvalue weighted by atomic mass is 10.1. The molecular formula is C21H24N4O2. The lowest BCUT2D eigenvalue weighted by Gasteiger charge is -2.28. The largest absolute Gasteiger partial charge is 0.497 e. The number of rotatable bonds is 5. The minimum absolute atomic E-state index is 0.0958. The van der Waals surface area contributed by atoms with Crippen LogP contribution >= 0.6 is 0 Å². The maximum absolute atomic E-state index is 12.4. The zero-order valence-electron chi connectivity index (χ0n) is 15.5. The zero-order valence-corrected chi connectivity index (χ0v) is 15.5. The predicted molar refractivity (Wildman–Crippen MR) is 107 cm³/mol. The number of hydrogen-bond donors (Lipinski definition) is 1. The Labute approximate surface area is 158 Å². The van der Waals surface area contributed by atoms with Crippen molar-refractivity contribution in [2.45, 2.75) is 25.8 Å². The minimum Gasteiger partial charge on any atom is -0.497 e. The molecule has 0 bridgehead atoms. The Morgan fingerprint density at radius 2 is 2.00 bits per heavy atom.